The molecule has 0 saturated carbocycles. The average molecular weight is 357 g/mol. The molecule has 0 aliphatic rings. The molecule has 0 radical (unpaired) electrons. The lowest BCUT2D eigenvalue weighted by Crippen LogP contribution is -2.13. The average Bonchev–Trinajstić information content (AvgIpc) is 2.66. The van der Waals surface area contributed by atoms with Gasteiger partial charge in [-0.3, -0.25) is 4.98 Å². The predicted octanol–water partition coefficient (Wildman–Crippen LogP) is 5.59. The molecule has 2 aromatic carbocycles. The molecule has 0 aliphatic heterocycles. The van der Waals surface area contributed by atoms with Gasteiger partial charge in [-0.15, -0.1) is 0 Å². The quantitative estimate of drug-likeness (QED) is 0.517. The Hall–Kier alpha value is -3.27. The number of anilines is 1. The highest BCUT2D eigenvalue weighted by molar-refractivity contribution is 5.79. The summed E-state index contributed by atoms with van der Waals surface area (Å²) in [6.45, 7) is 3.94. The van der Waals surface area contributed by atoms with Crippen LogP contribution in [-0.4, -0.2) is 9.97 Å². The van der Waals surface area contributed by atoms with Gasteiger partial charge in [0.25, 0.3) is 0 Å². The van der Waals surface area contributed by atoms with Gasteiger partial charge in [0.1, 0.15) is 11.6 Å². The summed E-state index contributed by atoms with van der Waals surface area (Å²) in [5.41, 5.74) is 4.88. The summed E-state index contributed by atoms with van der Waals surface area (Å²) in [4.78, 5) is 9.20. The van der Waals surface area contributed by atoms with Gasteiger partial charge < -0.3 is 5.32 Å². The topological polar surface area (TPSA) is 37.8 Å². The van der Waals surface area contributed by atoms with Crippen LogP contribution in [0.2, 0.25) is 0 Å². The molecule has 0 saturated heterocycles. The van der Waals surface area contributed by atoms with Crippen LogP contribution in [0.1, 0.15) is 28.6 Å². The molecule has 1 atom stereocenters. The normalized spacial score (nSPS) is 12.1. The summed E-state index contributed by atoms with van der Waals surface area (Å²) in [7, 11) is 0. The van der Waals surface area contributed by atoms with Crippen molar-refractivity contribution in [3.63, 3.8) is 0 Å². The van der Waals surface area contributed by atoms with Crippen LogP contribution in [0.3, 0.4) is 0 Å². The summed E-state index contributed by atoms with van der Waals surface area (Å²) in [5.74, 6) is 0.531. The number of halogens is 1. The Bertz CT molecular complexity index is 1090. The second-order valence-electron chi connectivity index (χ2n) is 6.70. The van der Waals surface area contributed by atoms with Crippen molar-refractivity contribution in [3.05, 3.63) is 101 Å². The largest absolute Gasteiger partial charge is 0.359 e. The minimum Gasteiger partial charge on any atom is -0.359 e. The van der Waals surface area contributed by atoms with E-state index in [1.54, 1.807) is 12.1 Å². The number of benzene rings is 2. The fourth-order valence-corrected chi connectivity index (χ4v) is 3.20. The van der Waals surface area contributed by atoms with E-state index in [2.05, 4.69) is 39.6 Å². The predicted molar refractivity (Wildman–Crippen MR) is 107 cm³/mol. The number of pyridine rings is 2. The molecule has 4 rings (SSSR count). The van der Waals surface area contributed by atoms with Crippen LogP contribution in [-0.2, 0) is 0 Å². The smallest absolute Gasteiger partial charge is 0.126 e. The summed E-state index contributed by atoms with van der Waals surface area (Å²) >= 11 is 0. The van der Waals surface area contributed by atoms with Gasteiger partial charge in [-0.25, -0.2) is 9.37 Å². The third kappa shape index (κ3) is 3.80. The number of fused-ring (bicyclic) bond motifs is 1. The lowest BCUT2D eigenvalue weighted by molar-refractivity contribution is 0.626. The zero-order valence-corrected chi connectivity index (χ0v) is 15.3. The van der Waals surface area contributed by atoms with Crippen molar-refractivity contribution in [2.45, 2.75) is 19.9 Å². The molecule has 0 bridgehead atoms. The Morgan fingerprint density at radius 1 is 0.778 bits per heavy atom. The Morgan fingerprint density at radius 2 is 1.48 bits per heavy atom. The number of aromatic nitrogens is 2. The van der Waals surface area contributed by atoms with Crippen LogP contribution in [0.25, 0.3) is 10.9 Å². The van der Waals surface area contributed by atoms with E-state index in [1.807, 2.05) is 38.1 Å². The van der Waals surface area contributed by atoms with Gasteiger partial charge in [0, 0.05) is 16.8 Å². The molecule has 27 heavy (non-hydrogen) atoms. The molecular weight excluding hydrogens is 337 g/mol. The summed E-state index contributed by atoms with van der Waals surface area (Å²) < 4.78 is 13.4. The third-order valence-corrected chi connectivity index (χ3v) is 4.57. The van der Waals surface area contributed by atoms with Crippen molar-refractivity contribution in [2.24, 2.45) is 0 Å². The summed E-state index contributed by atoms with van der Waals surface area (Å²) in [6.07, 6.45) is 0. The number of nitrogens with zero attached hydrogens (tertiary/aromatic N) is 2. The first-order valence-corrected chi connectivity index (χ1v) is 8.91. The second kappa shape index (κ2) is 7.16. The lowest BCUT2D eigenvalue weighted by Gasteiger charge is -2.21. The van der Waals surface area contributed by atoms with E-state index in [0.29, 0.717) is 0 Å². The fraction of sp³-hybridized carbons (Fsp3) is 0.130. The van der Waals surface area contributed by atoms with Crippen LogP contribution in [0.15, 0.2) is 72.8 Å². The molecule has 4 aromatic rings. The van der Waals surface area contributed by atoms with E-state index >= 15 is 0 Å². The van der Waals surface area contributed by atoms with Crippen molar-refractivity contribution in [3.8, 4) is 0 Å². The van der Waals surface area contributed by atoms with Crippen LogP contribution in [0.4, 0.5) is 10.2 Å². The number of aryl methyl sites for hydroxylation is 2. The van der Waals surface area contributed by atoms with Crippen molar-refractivity contribution in [1.29, 1.82) is 0 Å². The highest BCUT2D eigenvalue weighted by Gasteiger charge is 2.16. The summed E-state index contributed by atoms with van der Waals surface area (Å²) in [6, 6.07) is 22.6. The minimum absolute atomic E-state index is 0.161. The molecule has 0 amide bonds. The zero-order valence-electron chi connectivity index (χ0n) is 15.3. The molecule has 1 unspecified atom stereocenters. The molecular formula is C23H20FN3. The van der Waals surface area contributed by atoms with Gasteiger partial charge in [-0.2, -0.15) is 0 Å². The number of hydrogen-bond acceptors (Lipinski definition) is 3. The zero-order chi connectivity index (χ0) is 18.8. The van der Waals surface area contributed by atoms with Crippen molar-refractivity contribution < 1.29 is 4.39 Å². The lowest BCUT2D eigenvalue weighted by atomic mass is 9.97. The van der Waals surface area contributed by atoms with Gasteiger partial charge in [0.2, 0.25) is 0 Å². The van der Waals surface area contributed by atoms with E-state index in [1.165, 1.54) is 12.1 Å². The summed E-state index contributed by atoms with van der Waals surface area (Å²) in [5, 5.41) is 4.58. The SMILES string of the molecule is Cc1cccc(NC(c2ccc(F)cc2)c2ccc3ccc(C)nc3c2)n1. The van der Waals surface area contributed by atoms with E-state index in [-0.39, 0.29) is 11.9 Å². The first-order valence-electron chi connectivity index (χ1n) is 8.91. The first kappa shape index (κ1) is 17.2. The molecule has 0 spiro atoms. The van der Waals surface area contributed by atoms with Crippen LogP contribution >= 0.6 is 0 Å². The van der Waals surface area contributed by atoms with Gasteiger partial charge in [-0.05, 0) is 61.4 Å². The number of nitrogens with one attached hydrogen (secondary N) is 1. The van der Waals surface area contributed by atoms with Crippen molar-refractivity contribution >= 4 is 16.7 Å². The first-order chi connectivity index (χ1) is 13.1. The van der Waals surface area contributed by atoms with E-state index in [9.17, 15) is 4.39 Å². The van der Waals surface area contributed by atoms with E-state index in [4.69, 9.17) is 0 Å². The van der Waals surface area contributed by atoms with Gasteiger partial charge >= 0.3 is 0 Å². The number of rotatable bonds is 4. The number of hydrogen-bond donors (Lipinski definition) is 1. The molecule has 0 aliphatic carbocycles. The van der Waals surface area contributed by atoms with E-state index in [0.717, 1.165) is 39.2 Å². The molecule has 1 N–H and O–H groups in total. The molecule has 0 fully saturated rings. The Balaban J connectivity index is 1.80. The van der Waals surface area contributed by atoms with E-state index < -0.39 is 0 Å². The standard InChI is InChI=1S/C23H20FN3/c1-15-4-3-5-22(26-15)27-23(18-10-12-20(24)13-11-18)19-9-8-17-7-6-16(2)25-21(17)14-19/h3-14,23H,1-2H3,(H,26,27). The van der Waals surface area contributed by atoms with Crippen molar-refractivity contribution in [2.75, 3.05) is 5.32 Å². The van der Waals surface area contributed by atoms with Crippen molar-refractivity contribution in [1.82, 2.24) is 9.97 Å². The molecule has 2 aromatic heterocycles. The molecule has 134 valence electrons. The maximum absolute atomic E-state index is 13.4. The van der Waals surface area contributed by atoms with Crippen LogP contribution < -0.4 is 5.32 Å². The van der Waals surface area contributed by atoms with Gasteiger partial charge in [-0.1, -0.05) is 36.4 Å². The monoisotopic (exact) mass is 357 g/mol. The Kier molecular flexibility index (Phi) is 4.55. The molecule has 4 heteroatoms. The molecule has 2 heterocycles. The fourth-order valence-electron chi connectivity index (χ4n) is 3.20. The second-order valence-corrected chi connectivity index (χ2v) is 6.70. The van der Waals surface area contributed by atoms with Crippen LogP contribution in [0, 0.1) is 19.7 Å². The maximum Gasteiger partial charge on any atom is 0.126 e. The van der Waals surface area contributed by atoms with Gasteiger partial charge in [0.15, 0.2) is 0 Å². The maximum atomic E-state index is 13.4. The Morgan fingerprint density at radius 3 is 2.26 bits per heavy atom. The minimum atomic E-state index is -0.248. The molecule has 3 nitrogen and oxygen atoms in total. The van der Waals surface area contributed by atoms with Crippen LogP contribution in [0.5, 0.6) is 0 Å². The highest BCUT2D eigenvalue weighted by Crippen LogP contribution is 2.28. The highest BCUT2D eigenvalue weighted by atomic mass is 19.1. The van der Waals surface area contributed by atoms with Gasteiger partial charge in [0.05, 0.1) is 11.6 Å². The third-order valence-electron chi connectivity index (χ3n) is 4.57. The Labute approximate surface area is 157 Å².